The summed E-state index contributed by atoms with van der Waals surface area (Å²) >= 11 is 0. The standard InChI is InChI=1S/C19H34O2.CH4O3S/c1-3-4-10-13-18-16-17(2)19(21-18)14-11-8-6-5-7-9-12-15-20;1-5(2,3)4/h16,20H,3-15H2,1-2H3;1H3,(H,2,3,4). The van der Waals surface area contributed by atoms with Gasteiger partial charge in [-0.05, 0) is 37.8 Å². The second-order valence-corrected chi connectivity index (χ2v) is 8.42. The van der Waals surface area contributed by atoms with Crippen LogP contribution in [0.1, 0.15) is 88.2 Å². The van der Waals surface area contributed by atoms with Gasteiger partial charge in [0, 0.05) is 19.4 Å². The highest BCUT2D eigenvalue weighted by Gasteiger charge is 2.07. The molecule has 6 heteroatoms. The van der Waals surface area contributed by atoms with Gasteiger partial charge in [0.15, 0.2) is 0 Å². The highest BCUT2D eigenvalue weighted by molar-refractivity contribution is 7.85. The van der Waals surface area contributed by atoms with Crippen LogP contribution in [0.3, 0.4) is 0 Å². The van der Waals surface area contributed by atoms with Crippen molar-refractivity contribution in [2.75, 3.05) is 12.9 Å². The summed E-state index contributed by atoms with van der Waals surface area (Å²) in [4.78, 5) is 0. The molecule has 1 rings (SSSR count). The van der Waals surface area contributed by atoms with Crippen molar-refractivity contribution < 1.29 is 22.5 Å². The molecule has 0 saturated carbocycles. The summed E-state index contributed by atoms with van der Waals surface area (Å²) in [6.45, 7) is 4.76. The van der Waals surface area contributed by atoms with Gasteiger partial charge in [-0.25, -0.2) is 0 Å². The molecule has 0 fully saturated rings. The highest BCUT2D eigenvalue weighted by Crippen LogP contribution is 2.19. The van der Waals surface area contributed by atoms with Gasteiger partial charge in [0.1, 0.15) is 11.5 Å². The maximum atomic E-state index is 9.19. The maximum Gasteiger partial charge on any atom is 0.261 e. The zero-order chi connectivity index (χ0) is 19.8. The summed E-state index contributed by atoms with van der Waals surface area (Å²) in [6, 6.07) is 2.24. The Balaban J connectivity index is 0.00000110. The molecule has 1 aromatic rings. The lowest BCUT2D eigenvalue weighted by Crippen LogP contribution is -1.88. The van der Waals surface area contributed by atoms with Gasteiger partial charge in [0.25, 0.3) is 10.1 Å². The minimum absolute atomic E-state index is 0.346. The Morgan fingerprint density at radius 1 is 0.923 bits per heavy atom. The molecule has 0 aliphatic carbocycles. The van der Waals surface area contributed by atoms with E-state index in [-0.39, 0.29) is 0 Å². The van der Waals surface area contributed by atoms with Crippen LogP contribution >= 0.6 is 0 Å². The number of furan rings is 1. The predicted molar refractivity (Wildman–Crippen MR) is 107 cm³/mol. The topological polar surface area (TPSA) is 87.7 Å². The Labute approximate surface area is 159 Å². The van der Waals surface area contributed by atoms with Gasteiger partial charge in [-0.1, -0.05) is 51.9 Å². The molecule has 2 N–H and O–H groups in total. The lowest BCUT2D eigenvalue weighted by Gasteiger charge is -2.01. The van der Waals surface area contributed by atoms with Gasteiger partial charge < -0.3 is 9.52 Å². The second kappa shape index (κ2) is 15.2. The summed E-state index contributed by atoms with van der Waals surface area (Å²) < 4.78 is 31.9. The molecule has 0 aromatic carbocycles. The molecule has 0 spiro atoms. The van der Waals surface area contributed by atoms with Crippen LogP contribution < -0.4 is 0 Å². The molecule has 0 saturated heterocycles. The van der Waals surface area contributed by atoms with Crippen LogP contribution in [0.2, 0.25) is 0 Å². The monoisotopic (exact) mass is 390 g/mol. The minimum Gasteiger partial charge on any atom is -0.466 e. The summed E-state index contributed by atoms with van der Waals surface area (Å²) in [6.07, 6.45) is 15.3. The normalized spacial score (nSPS) is 11.3. The van der Waals surface area contributed by atoms with Crippen molar-refractivity contribution in [2.24, 2.45) is 0 Å². The maximum absolute atomic E-state index is 9.19. The lowest BCUT2D eigenvalue weighted by molar-refractivity contribution is 0.282. The van der Waals surface area contributed by atoms with E-state index in [0.29, 0.717) is 12.9 Å². The van der Waals surface area contributed by atoms with Crippen LogP contribution in [0.5, 0.6) is 0 Å². The van der Waals surface area contributed by atoms with E-state index in [1.54, 1.807) is 0 Å². The summed E-state index contributed by atoms with van der Waals surface area (Å²) in [5.74, 6) is 2.39. The first-order valence-electron chi connectivity index (χ1n) is 9.89. The van der Waals surface area contributed by atoms with Crippen LogP contribution in [0.15, 0.2) is 10.5 Å². The van der Waals surface area contributed by atoms with Gasteiger partial charge in [0.2, 0.25) is 0 Å². The van der Waals surface area contributed by atoms with Gasteiger partial charge in [-0.2, -0.15) is 8.42 Å². The van der Waals surface area contributed by atoms with E-state index in [1.165, 1.54) is 74.9 Å². The first-order valence-corrected chi connectivity index (χ1v) is 11.7. The number of hydrogen-bond donors (Lipinski definition) is 2. The first kappa shape index (κ1) is 25.1. The summed E-state index contributed by atoms with van der Waals surface area (Å²) in [5.41, 5.74) is 1.34. The van der Waals surface area contributed by atoms with Crippen LogP contribution in [0.4, 0.5) is 0 Å². The molecule has 1 heterocycles. The van der Waals surface area contributed by atoms with Crippen LogP contribution in [-0.2, 0) is 23.0 Å². The van der Waals surface area contributed by atoms with Crippen molar-refractivity contribution in [3.63, 3.8) is 0 Å². The highest BCUT2D eigenvalue weighted by atomic mass is 32.2. The molecule has 0 bridgehead atoms. The lowest BCUT2D eigenvalue weighted by atomic mass is 10.1. The molecule has 5 nitrogen and oxygen atoms in total. The third-order valence-electron chi connectivity index (χ3n) is 4.16. The SMILES string of the molecule is CCCCCc1cc(C)c(CCCCCCCCCO)o1.CS(=O)(=O)O. The Bertz CT molecular complexity index is 541. The molecule has 0 aliphatic heterocycles. The molecule has 0 radical (unpaired) electrons. The summed E-state index contributed by atoms with van der Waals surface area (Å²) in [7, 11) is -3.67. The van der Waals surface area contributed by atoms with Crippen LogP contribution in [-0.4, -0.2) is 30.9 Å². The van der Waals surface area contributed by atoms with E-state index in [1.807, 2.05) is 0 Å². The molecule has 0 aliphatic rings. The van der Waals surface area contributed by atoms with Gasteiger partial charge in [-0.3, -0.25) is 4.55 Å². The fourth-order valence-electron chi connectivity index (χ4n) is 2.79. The molecule has 0 atom stereocenters. The van der Waals surface area contributed by atoms with Crippen molar-refractivity contribution >= 4 is 10.1 Å². The predicted octanol–water partition coefficient (Wildman–Crippen LogP) is 5.09. The number of hydrogen-bond acceptors (Lipinski definition) is 4. The van der Waals surface area contributed by atoms with Crippen LogP contribution in [0, 0.1) is 6.92 Å². The zero-order valence-corrected chi connectivity index (χ0v) is 17.6. The number of aryl methyl sites for hydroxylation is 3. The number of rotatable bonds is 13. The quantitative estimate of drug-likeness (QED) is 0.362. The van der Waals surface area contributed by atoms with E-state index < -0.39 is 10.1 Å². The number of unbranched alkanes of at least 4 members (excludes halogenated alkanes) is 8. The number of aliphatic hydroxyl groups excluding tert-OH is 1. The fourth-order valence-corrected chi connectivity index (χ4v) is 2.79. The van der Waals surface area contributed by atoms with E-state index in [9.17, 15) is 8.42 Å². The Kier molecular flexibility index (Phi) is 14.7. The van der Waals surface area contributed by atoms with Gasteiger partial charge >= 0.3 is 0 Å². The average Bonchev–Trinajstić information content (AvgIpc) is 2.89. The third-order valence-corrected chi connectivity index (χ3v) is 4.16. The molecule has 0 amide bonds. The zero-order valence-electron chi connectivity index (χ0n) is 16.8. The number of aliphatic hydroxyl groups is 1. The first-order chi connectivity index (χ1) is 12.3. The van der Waals surface area contributed by atoms with Crippen molar-refractivity contribution in [3.8, 4) is 0 Å². The van der Waals surface area contributed by atoms with Crippen molar-refractivity contribution in [1.29, 1.82) is 0 Å². The Morgan fingerprint density at radius 2 is 1.42 bits per heavy atom. The smallest absolute Gasteiger partial charge is 0.261 e. The fraction of sp³-hybridized carbons (Fsp3) is 0.800. The van der Waals surface area contributed by atoms with Crippen molar-refractivity contribution in [2.45, 2.75) is 90.9 Å². The van der Waals surface area contributed by atoms with Crippen LogP contribution in [0.25, 0.3) is 0 Å². The summed E-state index contributed by atoms with van der Waals surface area (Å²) in [5, 5.41) is 8.72. The Morgan fingerprint density at radius 3 is 1.96 bits per heavy atom. The molecule has 0 unspecified atom stereocenters. The Hall–Kier alpha value is -0.850. The van der Waals surface area contributed by atoms with Gasteiger partial charge in [0.05, 0.1) is 6.26 Å². The van der Waals surface area contributed by atoms with E-state index in [4.69, 9.17) is 14.1 Å². The third kappa shape index (κ3) is 16.6. The van der Waals surface area contributed by atoms with Gasteiger partial charge in [-0.15, -0.1) is 0 Å². The van der Waals surface area contributed by atoms with E-state index in [2.05, 4.69) is 19.9 Å². The van der Waals surface area contributed by atoms with Crippen molar-refractivity contribution in [3.05, 3.63) is 23.2 Å². The van der Waals surface area contributed by atoms with E-state index in [0.717, 1.165) is 19.3 Å². The molecular formula is C20H38O5S. The molecule has 154 valence electrons. The minimum atomic E-state index is -3.67. The van der Waals surface area contributed by atoms with E-state index >= 15 is 0 Å². The van der Waals surface area contributed by atoms with Crippen molar-refractivity contribution in [1.82, 2.24) is 0 Å². The molecule has 1 aromatic heterocycles. The molecule has 26 heavy (non-hydrogen) atoms. The largest absolute Gasteiger partial charge is 0.466 e. The second-order valence-electron chi connectivity index (χ2n) is 6.96. The molecular weight excluding hydrogens is 352 g/mol. The average molecular weight is 391 g/mol.